The summed E-state index contributed by atoms with van der Waals surface area (Å²) in [6.07, 6.45) is 11.3. The van der Waals surface area contributed by atoms with Gasteiger partial charge in [0.15, 0.2) is 12.4 Å². The van der Waals surface area contributed by atoms with Crippen LogP contribution in [0, 0.1) is 0 Å². The predicted molar refractivity (Wildman–Crippen MR) is 233 cm³/mol. The molecule has 11 atom stereocenters. The quantitative estimate of drug-likeness (QED) is 0.0315. The lowest BCUT2D eigenvalue weighted by atomic mass is 9.96. The van der Waals surface area contributed by atoms with Crippen LogP contribution in [0.1, 0.15) is 174 Å². The number of hydrogen-bond acceptors (Lipinski definition) is 16. The largest absolute Gasteiger partial charge is 0.462 e. The molecule has 0 bridgehead atoms. The van der Waals surface area contributed by atoms with Crippen molar-refractivity contribution in [1.82, 2.24) is 5.32 Å². The third-order valence-electron chi connectivity index (χ3n) is 11.8. The van der Waals surface area contributed by atoms with Gasteiger partial charge in [0.25, 0.3) is 0 Å². The summed E-state index contributed by atoms with van der Waals surface area (Å²) in [5, 5.41) is 74.7. The molecule has 2 fully saturated rings. The number of carbonyl (C=O) groups is 2. The summed E-state index contributed by atoms with van der Waals surface area (Å²) in [7, 11) is 0. The fourth-order valence-electron chi connectivity index (χ4n) is 7.88. The van der Waals surface area contributed by atoms with E-state index in [2.05, 4.69) is 19.2 Å². The molecule has 0 aliphatic carbocycles. The fourth-order valence-corrected chi connectivity index (χ4v) is 7.88. The van der Waals surface area contributed by atoms with Crippen LogP contribution in [-0.4, -0.2) is 155 Å². The maximum atomic E-state index is 12.8. The van der Waals surface area contributed by atoms with Gasteiger partial charge in [-0.25, -0.2) is 0 Å². The third-order valence-corrected chi connectivity index (χ3v) is 11.8. The molecule has 2 aliphatic rings. The molecule has 0 aromatic heterocycles. The number of carbonyl (C=O) groups excluding carboxylic acids is 2. The minimum absolute atomic E-state index is 0.0144. The number of esters is 2. The third kappa shape index (κ3) is 23.6. The number of nitrogens with one attached hydrogen (secondary N) is 1. The van der Waals surface area contributed by atoms with Crippen LogP contribution < -0.4 is 5.32 Å². The minimum atomic E-state index is -1.75. The lowest BCUT2D eigenvalue weighted by Gasteiger charge is -2.46. The Bertz CT molecular complexity index is 1100. The molecule has 0 spiro atoms. The second kappa shape index (κ2) is 35.7. The van der Waals surface area contributed by atoms with Crippen LogP contribution in [-0.2, 0) is 38.0 Å². The summed E-state index contributed by atoms with van der Waals surface area (Å²) < 4.78 is 33.8. The van der Waals surface area contributed by atoms with Gasteiger partial charge in [0.1, 0.15) is 61.7 Å². The van der Waals surface area contributed by atoms with Gasteiger partial charge in [0.2, 0.25) is 0 Å². The minimum Gasteiger partial charge on any atom is -0.462 e. The average molecular weight is 894 g/mol. The summed E-state index contributed by atoms with van der Waals surface area (Å²) in [5.41, 5.74) is 0. The van der Waals surface area contributed by atoms with Crippen molar-refractivity contribution in [3.63, 3.8) is 0 Å². The summed E-state index contributed by atoms with van der Waals surface area (Å²) in [4.78, 5) is 25.4. The molecule has 8 N–H and O–H groups in total. The molecular weight excluding hydrogens is 806 g/mol. The van der Waals surface area contributed by atoms with Crippen molar-refractivity contribution in [2.24, 2.45) is 0 Å². The lowest BCUT2D eigenvalue weighted by molar-refractivity contribution is -0.343. The lowest BCUT2D eigenvalue weighted by Crippen LogP contribution is -2.66. The first kappa shape index (κ1) is 56.6. The van der Waals surface area contributed by atoms with Gasteiger partial charge in [-0.2, -0.15) is 0 Å². The number of aliphatic hydroxyl groups is 7. The monoisotopic (exact) mass is 894 g/mol. The van der Waals surface area contributed by atoms with E-state index in [-0.39, 0.29) is 44.7 Å². The molecule has 2 rings (SSSR count). The Balaban J connectivity index is 1.76. The van der Waals surface area contributed by atoms with Crippen molar-refractivity contribution in [3.05, 3.63) is 0 Å². The fraction of sp³-hybridized carbons (Fsp3) is 0.957. The topological polar surface area (TPSA) is 243 Å². The summed E-state index contributed by atoms with van der Waals surface area (Å²) in [6, 6.07) is 0. The van der Waals surface area contributed by atoms with E-state index in [1.54, 1.807) is 0 Å². The Kier molecular flexibility index (Phi) is 32.6. The summed E-state index contributed by atoms with van der Waals surface area (Å²) >= 11 is 0. The zero-order chi connectivity index (χ0) is 45.4. The highest BCUT2D eigenvalue weighted by atomic mass is 16.7. The molecule has 2 heterocycles. The van der Waals surface area contributed by atoms with Crippen LogP contribution in [0.15, 0.2) is 0 Å². The molecule has 0 aromatic rings. The van der Waals surface area contributed by atoms with Crippen molar-refractivity contribution in [2.75, 3.05) is 39.6 Å². The molecular formula is C46H87NO15. The van der Waals surface area contributed by atoms with E-state index < -0.39 is 80.7 Å². The van der Waals surface area contributed by atoms with Crippen molar-refractivity contribution >= 4 is 11.9 Å². The first-order valence-corrected chi connectivity index (χ1v) is 24.3. The van der Waals surface area contributed by atoms with E-state index >= 15 is 0 Å². The maximum Gasteiger partial charge on any atom is 0.306 e. The molecule has 16 nitrogen and oxygen atoms in total. The molecule has 2 aliphatic heterocycles. The van der Waals surface area contributed by atoms with Gasteiger partial charge in [-0.1, -0.05) is 142 Å². The van der Waals surface area contributed by atoms with Gasteiger partial charge in [0.05, 0.1) is 19.8 Å². The van der Waals surface area contributed by atoms with Crippen LogP contribution in [0.4, 0.5) is 0 Å². The van der Waals surface area contributed by atoms with Crippen LogP contribution in [0.2, 0.25) is 0 Å². The predicted octanol–water partition coefficient (Wildman–Crippen LogP) is 4.46. The molecule has 0 radical (unpaired) electrons. The molecule has 2 saturated heterocycles. The van der Waals surface area contributed by atoms with Crippen molar-refractivity contribution in [1.29, 1.82) is 0 Å². The molecule has 0 saturated carbocycles. The van der Waals surface area contributed by atoms with E-state index in [9.17, 15) is 45.3 Å². The number of ether oxygens (including phenoxy) is 6. The van der Waals surface area contributed by atoms with Crippen molar-refractivity contribution < 1.29 is 73.8 Å². The van der Waals surface area contributed by atoms with Gasteiger partial charge in [-0.05, 0) is 25.8 Å². The zero-order valence-electron chi connectivity index (χ0n) is 38.2. The number of hydrogen-bond donors (Lipinski definition) is 8. The van der Waals surface area contributed by atoms with Crippen LogP contribution in [0.25, 0.3) is 0 Å². The normalized spacial score (nSPS) is 27.0. The second-order valence-corrected chi connectivity index (χ2v) is 17.3. The average Bonchev–Trinajstić information content (AvgIpc) is 3.27. The van der Waals surface area contributed by atoms with E-state index in [1.807, 2.05) is 0 Å². The SMILES string of the molecule is CCCCCCCCCCCCCC(=O)OCC(COCCCN[C@@H]1O[C@H](CO)[C@H](O[C@@H]2O[C@H](CO)[C@H](O)[C@H](O)[C@H]2O)[C@H](O)[C@H]1O)OC(=O)CCCCCCCCCCCCC. The van der Waals surface area contributed by atoms with Gasteiger partial charge in [-0.3, -0.25) is 14.9 Å². The van der Waals surface area contributed by atoms with Gasteiger partial charge < -0.3 is 64.2 Å². The zero-order valence-corrected chi connectivity index (χ0v) is 38.2. The second-order valence-electron chi connectivity index (χ2n) is 17.3. The highest BCUT2D eigenvalue weighted by Crippen LogP contribution is 2.29. The van der Waals surface area contributed by atoms with E-state index in [4.69, 9.17) is 28.4 Å². The smallest absolute Gasteiger partial charge is 0.306 e. The first-order valence-electron chi connectivity index (χ1n) is 24.3. The van der Waals surface area contributed by atoms with Crippen LogP contribution in [0.3, 0.4) is 0 Å². The Hall–Kier alpha value is -1.54. The standard InChI is InChI=1S/C46H87NO15/c1-3-5-7-9-11-13-15-17-19-21-23-26-37(50)58-33-34(59-38(51)27-24-22-20-18-16-14-12-10-8-6-4-2)32-57-29-25-28-47-45-42(55)41(54)44(36(31-49)60-45)62-46-43(56)40(53)39(52)35(30-48)61-46/h34-36,39-49,52-56H,3-33H2,1-2H3/t34?,35-,36-,39+,40+,41-,42-,43-,44+,45-,46+/m1/s1. The summed E-state index contributed by atoms with van der Waals surface area (Å²) in [6.45, 7) is 3.50. The van der Waals surface area contributed by atoms with Crippen molar-refractivity contribution in [3.8, 4) is 0 Å². The number of aliphatic hydroxyl groups excluding tert-OH is 7. The number of rotatable bonds is 38. The van der Waals surface area contributed by atoms with Crippen molar-refractivity contribution in [2.45, 2.75) is 242 Å². The highest BCUT2D eigenvalue weighted by molar-refractivity contribution is 5.70. The van der Waals surface area contributed by atoms with Gasteiger partial charge >= 0.3 is 11.9 Å². The van der Waals surface area contributed by atoms with Crippen LogP contribution in [0.5, 0.6) is 0 Å². The Morgan fingerprint density at radius 3 is 1.56 bits per heavy atom. The Morgan fingerprint density at radius 2 is 1.05 bits per heavy atom. The van der Waals surface area contributed by atoms with E-state index in [1.165, 1.54) is 96.3 Å². The highest BCUT2D eigenvalue weighted by Gasteiger charge is 2.50. The molecule has 16 heteroatoms. The Labute approximate surface area is 371 Å². The van der Waals surface area contributed by atoms with Crippen LogP contribution >= 0.6 is 0 Å². The molecule has 366 valence electrons. The molecule has 62 heavy (non-hydrogen) atoms. The summed E-state index contributed by atoms with van der Waals surface area (Å²) in [5.74, 6) is -0.682. The molecule has 0 amide bonds. The van der Waals surface area contributed by atoms with E-state index in [0.29, 0.717) is 12.8 Å². The van der Waals surface area contributed by atoms with Gasteiger partial charge in [-0.15, -0.1) is 0 Å². The Morgan fingerprint density at radius 1 is 0.548 bits per heavy atom. The first-order chi connectivity index (χ1) is 30.1. The van der Waals surface area contributed by atoms with E-state index in [0.717, 1.165) is 44.9 Å². The molecule has 0 aromatic carbocycles. The van der Waals surface area contributed by atoms with Gasteiger partial charge in [0, 0.05) is 19.4 Å². The number of unbranched alkanes of at least 4 members (excludes halogenated alkanes) is 20. The maximum absolute atomic E-state index is 12.8. The molecule has 1 unspecified atom stereocenters.